The van der Waals surface area contributed by atoms with Crippen LogP contribution in [-0.2, 0) is 14.3 Å². The minimum absolute atomic E-state index is 0.00394. The highest BCUT2D eigenvalue weighted by molar-refractivity contribution is 6.23. The van der Waals surface area contributed by atoms with E-state index in [2.05, 4.69) is 5.32 Å². The zero-order valence-electron chi connectivity index (χ0n) is 15.2. The molecule has 0 unspecified atom stereocenters. The van der Waals surface area contributed by atoms with Gasteiger partial charge in [0.25, 0.3) is 5.91 Å². The van der Waals surface area contributed by atoms with Gasteiger partial charge in [-0.05, 0) is 55.5 Å². The summed E-state index contributed by atoms with van der Waals surface area (Å²) in [5, 5.41) is 2.99. The van der Waals surface area contributed by atoms with Crippen molar-refractivity contribution in [3.63, 3.8) is 0 Å². The largest absolute Gasteiger partial charge is 0.462 e. The van der Waals surface area contributed by atoms with E-state index in [0.29, 0.717) is 22.5 Å². The molecule has 8 heteroatoms. The van der Waals surface area contributed by atoms with Crippen molar-refractivity contribution < 1.29 is 23.9 Å². The van der Waals surface area contributed by atoms with Crippen molar-refractivity contribution in [3.8, 4) is 0 Å². The van der Waals surface area contributed by atoms with Gasteiger partial charge in [0.15, 0.2) is 0 Å². The lowest BCUT2D eigenvalue weighted by Gasteiger charge is -2.16. The fraction of sp³-hybridized carbons (Fsp3) is 0.200. The quantitative estimate of drug-likeness (QED) is 0.581. The van der Waals surface area contributed by atoms with E-state index in [4.69, 9.17) is 10.5 Å². The molecule has 2 aromatic rings. The summed E-state index contributed by atoms with van der Waals surface area (Å²) in [4.78, 5) is 49.0. The number of rotatable bonds is 6. The van der Waals surface area contributed by atoms with Crippen LogP contribution in [0, 0.1) is 0 Å². The van der Waals surface area contributed by atoms with Crippen molar-refractivity contribution in [2.24, 2.45) is 5.73 Å². The second kappa shape index (κ2) is 7.91. The molecule has 3 amide bonds. The third kappa shape index (κ3) is 3.85. The first-order chi connectivity index (χ1) is 13.4. The highest BCUT2D eigenvalue weighted by atomic mass is 16.5. The number of hydrogen-bond donors (Lipinski definition) is 2. The van der Waals surface area contributed by atoms with E-state index in [0.717, 1.165) is 4.90 Å². The van der Waals surface area contributed by atoms with Crippen molar-refractivity contribution >= 4 is 35.1 Å². The van der Waals surface area contributed by atoms with Gasteiger partial charge in [-0.2, -0.15) is 0 Å². The number of nitrogens with one attached hydrogen (secondary N) is 1. The summed E-state index contributed by atoms with van der Waals surface area (Å²) in [5.74, 6) is -1.75. The fourth-order valence-corrected chi connectivity index (χ4v) is 2.91. The van der Waals surface area contributed by atoms with Crippen molar-refractivity contribution in [1.82, 2.24) is 0 Å². The number of esters is 1. The fourth-order valence-electron chi connectivity index (χ4n) is 2.91. The Balaban J connectivity index is 1.72. The highest BCUT2D eigenvalue weighted by Gasteiger charge is 2.39. The predicted octanol–water partition coefficient (Wildman–Crippen LogP) is 1.71. The van der Waals surface area contributed by atoms with Crippen molar-refractivity contribution in [3.05, 3.63) is 59.7 Å². The molecule has 28 heavy (non-hydrogen) atoms. The number of hydrogen-bond acceptors (Lipinski definition) is 6. The van der Waals surface area contributed by atoms with Gasteiger partial charge < -0.3 is 15.8 Å². The Morgan fingerprint density at radius 2 is 1.68 bits per heavy atom. The molecule has 1 atom stereocenters. The Kier molecular flexibility index (Phi) is 5.39. The summed E-state index contributed by atoms with van der Waals surface area (Å²) in [5.41, 5.74) is 6.87. The number of nitrogens with two attached hydrogens (primary N) is 1. The SMILES string of the molecule is CCOC(=O)c1ccc(N2C(=O)C[C@@H](Nc3ccc(C(N)=O)cc3)C2=O)cc1. The summed E-state index contributed by atoms with van der Waals surface area (Å²) in [6.07, 6.45) is -0.00394. The molecular formula is C20H19N3O5. The minimum Gasteiger partial charge on any atom is -0.462 e. The molecule has 1 heterocycles. The average molecular weight is 381 g/mol. The predicted molar refractivity (Wildman–Crippen MR) is 102 cm³/mol. The molecule has 0 bridgehead atoms. The zero-order chi connectivity index (χ0) is 20.3. The van der Waals surface area contributed by atoms with Crippen LogP contribution in [0.25, 0.3) is 0 Å². The molecule has 1 fully saturated rings. The first-order valence-corrected chi connectivity index (χ1v) is 8.71. The van der Waals surface area contributed by atoms with Gasteiger partial charge >= 0.3 is 5.97 Å². The van der Waals surface area contributed by atoms with E-state index >= 15 is 0 Å². The first kappa shape index (κ1) is 19.1. The first-order valence-electron chi connectivity index (χ1n) is 8.71. The molecule has 8 nitrogen and oxygen atoms in total. The van der Waals surface area contributed by atoms with Crippen LogP contribution in [-0.4, -0.2) is 36.3 Å². The Hall–Kier alpha value is -3.68. The van der Waals surface area contributed by atoms with E-state index < -0.39 is 23.8 Å². The lowest BCUT2D eigenvalue weighted by Crippen LogP contribution is -2.34. The topological polar surface area (TPSA) is 119 Å². The van der Waals surface area contributed by atoms with Gasteiger partial charge in [0.05, 0.1) is 24.3 Å². The van der Waals surface area contributed by atoms with Crippen LogP contribution < -0.4 is 16.0 Å². The normalized spacial score (nSPS) is 16.2. The monoisotopic (exact) mass is 381 g/mol. The van der Waals surface area contributed by atoms with Crippen LogP contribution >= 0.6 is 0 Å². The van der Waals surface area contributed by atoms with E-state index in [1.54, 1.807) is 19.1 Å². The maximum atomic E-state index is 12.7. The molecule has 1 aliphatic rings. The molecule has 2 aromatic carbocycles. The minimum atomic E-state index is -0.725. The number of primary amides is 1. The van der Waals surface area contributed by atoms with Crippen LogP contribution in [0.15, 0.2) is 48.5 Å². The number of carbonyl (C=O) groups is 4. The Morgan fingerprint density at radius 3 is 2.25 bits per heavy atom. The van der Waals surface area contributed by atoms with E-state index in [-0.39, 0.29) is 18.9 Å². The number of imide groups is 1. The number of ether oxygens (including phenoxy) is 1. The van der Waals surface area contributed by atoms with E-state index in [1.807, 2.05) is 0 Å². The van der Waals surface area contributed by atoms with Gasteiger partial charge in [-0.15, -0.1) is 0 Å². The molecular weight excluding hydrogens is 362 g/mol. The van der Waals surface area contributed by atoms with Crippen molar-refractivity contribution in [1.29, 1.82) is 0 Å². The van der Waals surface area contributed by atoms with E-state index in [9.17, 15) is 19.2 Å². The van der Waals surface area contributed by atoms with Crippen LogP contribution in [0.3, 0.4) is 0 Å². The number of nitrogens with zero attached hydrogens (tertiary/aromatic N) is 1. The molecule has 3 N–H and O–H groups in total. The number of carbonyl (C=O) groups excluding carboxylic acids is 4. The maximum Gasteiger partial charge on any atom is 0.338 e. The van der Waals surface area contributed by atoms with Gasteiger partial charge in [0.1, 0.15) is 6.04 Å². The molecule has 1 saturated heterocycles. The van der Waals surface area contributed by atoms with Gasteiger partial charge in [-0.3, -0.25) is 14.4 Å². The van der Waals surface area contributed by atoms with Crippen molar-refractivity contribution in [2.45, 2.75) is 19.4 Å². The van der Waals surface area contributed by atoms with Gasteiger partial charge in [-0.1, -0.05) is 0 Å². The second-order valence-corrected chi connectivity index (χ2v) is 6.18. The molecule has 0 aromatic heterocycles. The third-order valence-electron chi connectivity index (χ3n) is 4.29. The lowest BCUT2D eigenvalue weighted by atomic mass is 10.1. The van der Waals surface area contributed by atoms with Crippen LogP contribution in [0.5, 0.6) is 0 Å². The summed E-state index contributed by atoms with van der Waals surface area (Å²) in [6.45, 7) is 1.97. The molecule has 1 aliphatic heterocycles. The Labute approximate surface area is 161 Å². The summed E-state index contributed by atoms with van der Waals surface area (Å²) < 4.78 is 4.92. The van der Waals surface area contributed by atoms with E-state index in [1.165, 1.54) is 36.4 Å². The summed E-state index contributed by atoms with van der Waals surface area (Å²) in [6, 6.07) is 11.7. The van der Waals surface area contributed by atoms with Gasteiger partial charge in [0.2, 0.25) is 11.8 Å². The van der Waals surface area contributed by atoms with Gasteiger partial charge in [-0.25, -0.2) is 9.69 Å². The Bertz CT molecular complexity index is 922. The van der Waals surface area contributed by atoms with Gasteiger partial charge in [0, 0.05) is 11.3 Å². The highest BCUT2D eigenvalue weighted by Crippen LogP contribution is 2.25. The Morgan fingerprint density at radius 1 is 1.07 bits per heavy atom. The molecule has 144 valence electrons. The van der Waals surface area contributed by atoms with Crippen LogP contribution in [0.1, 0.15) is 34.1 Å². The number of amides is 3. The average Bonchev–Trinajstić information content (AvgIpc) is 2.96. The van der Waals surface area contributed by atoms with Crippen LogP contribution in [0.2, 0.25) is 0 Å². The summed E-state index contributed by atoms with van der Waals surface area (Å²) in [7, 11) is 0. The maximum absolute atomic E-state index is 12.7. The third-order valence-corrected chi connectivity index (χ3v) is 4.29. The lowest BCUT2D eigenvalue weighted by molar-refractivity contribution is -0.121. The molecule has 3 rings (SSSR count). The number of anilines is 2. The second-order valence-electron chi connectivity index (χ2n) is 6.18. The summed E-state index contributed by atoms with van der Waals surface area (Å²) >= 11 is 0. The molecule has 0 spiro atoms. The molecule has 0 aliphatic carbocycles. The standard InChI is InChI=1S/C20H19N3O5/c1-2-28-20(27)13-5-9-15(10-6-13)23-17(24)11-16(19(23)26)22-14-7-3-12(4-8-14)18(21)25/h3-10,16,22H,2,11H2,1H3,(H2,21,25)/t16-/m1/s1. The van der Waals surface area contributed by atoms with Crippen molar-refractivity contribution in [2.75, 3.05) is 16.8 Å². The molecule has 0 radical (unpaired) electrons. The van der Waals surface area contributed by atoms with Crippen LogP contribution in [0.4, 0.5) is 11.4 Å². The molecule has 0 saturated carbocycles. The smallest absolute Gasteiger partial charge is 0.338 e. The zero-order valence-corrected chi connectivity index (χ0v) is 15.2. The number of benzene rings is 2.